The van der Waals surface area contributed by atoms with Crippen LogP contribution in [0.3, 0.4) is 0 Å². The van der Waals surface area contributed by atoms with E-state index in [9.17, 15) is 9.59 Å². The molecule has 30 heavy (non-hydrogen) atoms. The van der Waals surface area contributed by atoms with Crippen LogP contribution in [0.4, 0.5) is 10.5 Å². The van der Waals surface area contributed by atoms with E-state index in [0.717, 1.165) is 28.5 Å². The molecule has 4 nitrogen and oxygen atoms in total. The highest BCUT2D eigenvalue weighted by molar-refractivity contribution is 8.19. The Morgan fingerprint density at radius 1 is 0.967 bits per heavy atom. The minimum Gasteiger partial charge on any atom is -0.488 e. The molecule has 0 N–H and O–H groups in total. The van der Waals surface area contributed by atoms with E-state index in [1.54, 1.807) is 18.2 Å². The summed E-state index contributed by atoms with van der Waals surface area (Å²) in [5.41, 5.74) is 3.22. The van der Waals surface area contributed by atoms with Crippen LogP contribution in [0.1, 0.15) is 16.7 Å². The number of halogens is 1. The Hall–Kier alpha value is -3.02. The number of thioether (sulfide) groups is 1. The van der Waals surface area contributed by atoms with Crippen molar-refractivity contribution < 1.29 is 14.3 Å². The number of carbonyl (C=O) groups is 2. The molecule has 1 aliphatic rings. The molecule has 3 aromatic carbocycles. The first kappa shape index (κ1) is 20.3. The molecule has 4 rings (SSSR count). The van der Waals surface area contributed by atoms with Gasteiger partial charge < -0.3 is 4.74 Å². The zero-order chi connectivity index (χ0) is 21.1. The second-order valence-corrected chi connectivity index (χ2v) is 8.17. The van der Waals surface area contributed by atoms with Crippen LogP contribution < -0.4 is 9.64 Å². The van der Waals surface area contributed by atoms with Crippen LogP contribution in [0.2, 0.25) is 5.02 Å². The maximum Gasteiger partial charge on any atom is 0.298 e. The number of benzene rings is 3. The highest BCUT2D eigenvalue weighted by Crippen LogP contribution is 2.37. The average molecular weight is 436 g/mol. The summed E-state index contributed by atoms with van der Waals surface area (Å²) in [6, 6.07) is 22.2. The number of anilines is 1. The summed E-state index contributed by atoms with van der Waals surface area (Å²) in [4.78, 5) is 26.9. The minimum absolute atomic E-state index is 0.301. The van der Waals surface area contributed by atoms with E-state index in [1.807, 2.05) is 67.6 Å². The number of ether oxygens (including phenoxy) is 1. The lowest BCUT2D eigenvalue weighted by atomic mass is 10.1. The van der Waals surface area contributed by atoms with Gasteiger partial charge >= 0.3 is 0 Å². The van der Waals surface area contributed by atoms with Crippen LogP contribution in [0.5, 0.6) is 5.75 Å². The fourth-order valence-corrected chi connectivity index (χ4v) is 4.05. The number of amides is 2. The molecule has 1 saturated heterocycles. The maximum absolute atomic E-state index is 12.9. The highest BCUT2D eigenvalue weighted by Gasteiger charge is 2.36. The fourth-order valence-electron chi connectivity index (χ4n) is 3.03. The SMILES string of the molecule is Cc1ccc(N2C(=O)S/C(=C\c3ccccc3OCc3ccccc3Cl)C2=O)cc1. The van der Waals surface area contributed by atoms with Gasteiger partial charge in [0.2, 0.25) is 0 Å². The Labute approximate surface area is 184 Å². The number of hydrogen-bond acceptors (Lipinski definition) is 4. The predicted molar refractivity (Wildman–Crippen MR) is 122 cm³/mol. The first-order valence-electron chi connectivity index (χ1n) is 9.33. The summed E-state index contributed by atoms with van der Waals surface area (Å²) in [5.74, 6) is 0.273. The number of hydrogen-bond donors (Lipinski definition) is 0. The molecule has 0 saturated carbocycles. The Morgan fingerprint density at radius 2 is 1.67 bits per heavy atom. The van der Waals surface area contributed by atoms with Crippen molar-refractivity contribution in [2.24, 2.45) is 0 Å². The summed E-state index contributed by atoms with van der Waals surface area (Å²) in [5, 5.41) is 0.318. The van der Waals surface area contributed by atoms with Gasteiger partial charge in [0.05, 0.1) is 10.6 Å². The molecule has 0 spiro atoms. The van der Waals surface area contributed by atoms with Gasteiger partial charge in [-0.25, -0.2) is 4.90 Å². The Balaban J connectivity index is 1.58. The number of carbonyl (C=O) groups excluding carboxylic acids is 2. The number of nitrogens with zero attached hydrogens (tertiary/aromatic N) is 1. The first-order chi connectivity index (χ1) is 14.5. The smallest absolute Gasteiger partial charge is 0.298 e. The van der Waals surface area contributed by atoms with Gasteiger partial charge in [-0.2, -0.15) is 0 Å². The lowest BCUT2D eigenvalue weighted by molar-refractivity contribution is -0.113. The third-order valence-corrected chi connectivity index (χ3v) is 5.87. The molecule has 0 unspecified atom stereocenters. The molecule has 0 atom stereocenters. The Kier molecular flexibility index (Phi) is 5.93. The summed E-state index contributed by atoms with van der Waals surface area (Å²) < 4.78 is 5.95. The van der Waals surface area contributed by atoms with Crippen LogP contribution in [0, 0.1) is 6.92 Å². The van der Waals surface area contributed by atoms with Gasteiger partial charge in [-0.3, -0.25) is 9.59 Å². The standard InChI is InChI=1S/C24H18ClNO3S/c1-16-10-12-19(13-11-16)26-23(27)22(30-24(26)28)14-17-6-3-5-9-21(17)29-15-18-7-2-4-8-20(18)25/h2-14H,15H2,1H3/b22-14-. The van der Waals surface area contributed by atoms with E-state index in [-0.39, 0.29) is 11.1 Å². The molecular weight excluding hydrogens is 418 g/mol. The summed E-state index contributed by atoms with van der Waals surface area (Å²) in [6.45, 7) is 2.26. The monoisotopic (exact) mass is 435 g/mol. The molecule has 3 aromatic rings. The van der Waals surface area contributed by atoms with Crippen LogP contribution in [-0.2, 0) is 11.4 Å². The molecule has 0 radical (unpaired) electrons. The van der Waals surface area contributed by atoms with Gasteiger partial charge in [-0.15, -0.1) is 0 Å². The molecule has 0 aliphatic carbocycles. The molecule has 1 fully saturated rings. The van der Waals surface area contributed by atoms with Crippen molar-refractivity contribution in [2.75, 3.05) is 4.90 Å². The quantitative estimate of drug-likeness (QED) is 0.431. The van der Waals surface area contributed by atoms with Crippen molar-refractivity contribution in [3.8, 4) is 5.75 Å². The molecule has 150 valence electrons. The van der Waals surface area contributed by atoms with Gasteiger partial charge in [0.25, 0.3) is 11.1 Å². The van der Waals surface area contributed by atoms with Gasteiger partial charge in [0, 0.05) is 16.1 Å². The zero-order valence-corrected chi connectivity index (χ0v) is 17.7. The van der Waals surface area contributed by atoms with Crippen LogP contribution >= 0.6 is 23.4 Å². The van der Waals surface area contributed by atoms with Crippen molar-refractivity contribution >= 4 is 46.3 Å². The lowest BCUT2D eigenvalue weighted by Crippen LogP contribution is -2.27. The van der Waals surface area contributed by atoms with Crippen molar-refractivity contribution in [3.63, 3.8) is 0 Å². The largest absolute Gasteiger partial charge is 0.488 e. The number of para-hydroxylation sites is 1. The maximum atomic E-state index is 12.9. The van der Waals surface area contributed by atoms with Crippen LogP contribution in [-0.4, -0.2) is 11.1 Å². The van der Waals surface area contributed by atoms with E-state index >= 15 is 0 Å². The molecule has 6 heteroatoms. The van der Waals surface area contributed by atoms with Crippen molar-refractivity contribution in [1.82, 2.24) is 0 Å². The zero-order valence-electron chi connectivity index (χ0n) is 16.2. The number of imide groups is 1. The van der Waals surface area contributed by atoms with E-state index in [2.05, 4.69) is 0 Å². The van der Waals surface area contributed by atoms with Gasteiger partial charge in [0.1, 0.15) is 12.4 Å². The van der Waals surface area contributed by atoms with Crippen molar-refractivity contribution in [2.45, 2.75) is 13.5 Å². The molecule has 2 amide bonds. The molecule has 1 aliphatic heterocycles. The van der Waals surface area contributed by atoms with Crippen molar-refractivity contribution in [1.29, 1.82) is 0 Å². The average Bonchev–Trinajstić information content (AvgIpc) is 3.02. The van der Waals surface area contributed by atoms with E-state index in [0.29, 0.717) is 28.0 Å². The predicted octanol–water partition coefficient (Wildman–Crippen LogP) is 6.47. The normalized spacial score (nSPS) is 15.1. The second-order valence-electron chi connectivity index (χ2n) is 6.77. The fraction of sp³-hybridized carbons (Fsp3) is 0.0833. The summed E-state index contributed by atoms with van der Waals surface area (Å²) >= 11 is 7.13. The minimum atomic E-state index is -0.338. The number of rotatable bonds is 5. The molecule has 0 bridgehead atoms. The van der Waals surface area contributed by atoms with E-state index in [1.165, 1.54) is 4.90 Å². The van der Waals surface area contributed by atoms with Gasteiger partial charge in [0.15, 0.2) is 0 Å². The van der Waals surface area contributed by atoms with Gasteiger partial charge in [-0.1, -0.05) is 65.7 Å². The third-order valence-electron chi connectivity index (χ3n) is 4.63. The van der Waals surface area contributed by atoms with Crippen LogP contribution in [0.15, 0.2) is 77.7 Å². The lowest BCUT2D eigenvalue weighted by Gasteiger charge is -2.12. The molecule has 1 heterocycles. The van der Waals surface area contributed by atoms with E-state index < -0.39 is 0 Å². The second kappa shape index (κ2) is 8.78. The summed E-state index contributed by atoms with van der Waals surface area (Å²) in [7, 11) is 0. The van der Waals surface area contributed by atoms with Crippen LogP contribution in [0.25, 0.3) is 6.08 Å². The summed E-state index contributed by atoms with van der Waals surface area (Å²) in [6.07, 6.45) is 1.70. The third kappa shape index (κ3) is 4.27. The Morgan fingerprint density at radius 3 is 2.43 bits per heavy atom. The van der Waals surface area contributed by atoms with Crippen molar-refractivity contribution in [3.05, 3.63) is 99.4 Å². The first-order valence-corrected chi connectivity index (χ1v) is 10.5. The molecule has 0 aromatic heterocycles. The topological polar surface area (TPSA) is 46.6 Å². The highest BCUT2D eigenvalue weighted by atomic mass is 35.5. The van der Waals surface area contributed by atoms with E-state index in [4.69, 9.17) is 16.3 Å². The Bertz CT molecular complexity index is 1140. The molecular formula is C24H18ClNO3S. The van der Waals surface area contributed by atoms with Gasteiger partial charge in [-0.05, 0) is 49.0 Å². The number of aryl methyl sites for hydroxylation is 1.